The second kappa shape index (κ2) is 9.19. The maximum atomic E-state index is 9.11. The SMILES string of the molecule is Cn1cc2cc(-c3ccc(C#N)cc3)cc(COCC3(c4ccccc4)CCNCC3)c2n1. The van der Waals surface area contributed by atoms with Gasteiger partial charge < -0.3 is 10.1 Å². The molecule has 1 aliphatic rings. The molecule has 1 N–H and O–H groups in total. The average molecular weight is 437 g/mol. The lowest BCUT2D eigenvalue weighted by molar-refractivity contribution is 0.0570. The van der Waals surface area contributed by atoms with E-state index in [1.807, 2.05) is 42.2 Å². The van der Waals surface area contributed by atoms with E-state index < -0.39 is 0 Å². The van der Waals surface area contributed by atoms with E-state index in [9.17, 15) is 0 Å². The molecule has 0 bridgehead atoms. The second-order valence-corrected chi connectivity index (χ2v) is 8.95. The van der Waals surface area contributed by atoms with Crippen LogP contribution in [0.15, 0.2) is 72.9 Å². The van der Waals surface area contributed by atoms with E-state index in [2.05, 4.69) is 53.9 Å². The van der Waals surface area contributed by atoms with Crippen LogP contribution in [0.4, 0.5) is 0 Å². The standard InChI is InChI=1S/C28H28N4O/c1-32-18-24-15-23(22-9-7-21(17-29)8-10-22)16-25(27(24)31-32)19-33-20-28(11-13-30-14-12-28)26-5-3-2-4-6-26/h2-10,15-16,18,30H,11-14,19-20H2,1H3. The van der Waals surface area contributed by atoms with E-state index in [1.165, 1.54) is 5.56 Å². The Morgan fingerprint density at radius 3 is 2.52 bits per heavy atom. The Hall–Kier alpha value is -3.46. The third kappa shape index (κ3) is 4.41. The summed E-state index contributed by atoms with van der Waals surface area (Å²) in [6.07, 6.45) is 4.19. The van der Waals surface area contributed by atoms with Gasteiger partial charge in [0.15, 0.2) is 0 Å². The number of ether oxygens (including phenoxy) is 1. The van der Waals surface area contributed by atoms with Gasteiger partial charge in [-0.2, -0.15) is 10.4 Å². The molecule has 0 saturated carbocycles. The van der Waals surface area contributed by atoms with Crippen molar-refractivity contribution in [2.45, 2.75) is 24.9 Å². The van der Waals surface area contributed by atoms with Crippen LogP contribution in [0.25, 0.3) is 22.0 Å². The fourth-order valence-corrected chi connectivity index (χ4v) is 4.91. The molecule has 2 heterocycles. The number of benzene rings is 3. The molecule has 1 fully saturated rings. The van der Waals surface area contributed by atoms with Crippen molar-refractivity contribution in [3.8, 4) is 17.2 Å². The molecule has 0 amide bonds. The van der Waals surface area contributed by atoms with Crippen molar-refractivity contribution in [2.75, 3.05) is 19.7 Å². The fraction of sp³-hybridized carbons (Fsp3) is 0.286. The molecule has 1 aromatic heterocycles. The van der Waals surface area contributed by atoms with Gasteiger partial charge >= 0.3 is 0 Å². The number of nitrogens with zero attached hydrogens (tertiary/aromatic N) is 3. The van der Waals surface area contributed by atoms with Crippen LogP contribution in [0.2, 0.25) is 0 Å². The smallest absolute Gasteiger partial charge is 0.0991 e. The summed E-state index contributed by atoms with van der Waals surface area (Å²) in [7, 11) is 1.95. The summed E-state index contributed by atoms with van der Waals surface area (Å²) < 4.78 is 8.30. The molecule has 5 nitrogen and oxygen atoms in total. The van der Waals surface area contributed by atoms with E-state index in [0.717, 1.165) is 53.5 Å². The molecule has 0 unspecified atom stereocenters. The Labute approximate surface area is 194 Å². The first-order chi connectivity index (χ1) is 16.2. The van der Waals surface area contributed by atoms with Gasteiger partial charge in [-0.3, -0.25) is 4.68 Å². The molecule has 0 atom stereocenters. The highest BCUT2D eigenvalue weighted by Crippen LogP contribution is 2.35. The molecule has 3 aromatic carbocycles. The topological polar surface area (TPSA) is 62.9 Å². The fourth-order valence-electron chi connectivity index (χ4n) is 4.91. The van der Waals surface area contributed by atoms with Crippen LogP contribution in [0.3, 0.4) is 0 Å². The summed E-state index contributed by atoms with van der Waals surface area (Å²) in [6, 6.07) is 25.0. The molecule has 5 heteroatoms. The number of piperidine rings is 1. The molecule has 33 heavy (non-hydrogen) atoms. The maximum absolute atomic E-state index is 9.11. The van der Waals surface area contributed by atoms with Crippen LogP contribution in [0.1, 0.15) is 29.5 Å². The highest BCUT2D eigenvalue weighted by atomic mass is 16.5. The predicted molar refractivity (Wildman–Crippen MR) is 131 cm³/mol. The minimum atomic E-state index is 0.0421. The quantitative estimate of drug-likeness (QED) is 0.465. The lowest BCUT2D eigenvalue weighted by Gasteiger charge is -2.38. The summed E-state index contributed by atoms with van der Waals surface area (Å²) in [5.41, 5.74) is 6.33. The Morgan fingerprint density at radius 2 is 1.79 bits per heavy atom. The molecule has 166 valence electrons. The van der Waals surface area contributed by atoms with Crippen molar-refractivity contribution in [1.29, 1.82) is 5.26 Å². The monoisotopic (exact) mass is 436 g/mol. The number of hydrogen-bond acceptors (Lipinski definition) is 4. The van der Waals surface area contributed by atoms with Gasteiger partial charge in [0.1, 0.15) is 0 Å². The van der Waals surface area contributed by atoms with Crippen molar-refractivity contribution < 1.29 is 4.74 Å². The first kappa shape index (κ1) is 21.4. The van der Waals surface area contributed by atoms with Gasteiger partial charge in [-0.05, 0) is 66.9 Å². The van der Waals surface area contributed by atoms with Crippen molar-refractivity contribution in [3.63, 3.8) is 0 Å². The van der Waals surface area contributed by atoms with Crippen LogP contribution in [0, 0.1) is 11.3 Å². The maximum Gasteiger partial charge on any atom is 0.0991 e. The number of hydrogen-bond donors (Lipinski definition) is 1. The Kier molecular flexibility index (Phi) is 5.95. The van der Waals surface area contributed by atoms with Crippen molar-refractivity contribution in [1.82, 2.24) is 15.1 Å². The molecule has 0 aliphatic carbocycles. The lowest BCUT2D eigenvalue weighted by atomic mass is 9.74. The molecule has 1 aliphatic heterocycles. The predicted octanol–water partition coefficient (Wildman–Crippen LogP) is 4.95. The normalized spacial score (nSPS) is 15.4. The van der Waals surface area contributed by atoms with Crippen LogP contribution in [-0.4, -0.2) is 29.5 Å². The molecule has 1 saturated heterocycles. The Balaban J connectivity index is 1.42. The third-order valence-corrected chi connectivity index (χ3v) is 6.73. The average Bonchev–Trinajstić information content (AvgIpc) is 3.25. The van der Waals surface area contributed by atoms with Crippen molar-refractivity contribution in [3.05, 3.63) is 89.6 Å². The summed E-state index contributed by atoms with van der Waals surface area (Å²) in [4.78, 5) is 0. The van der Waals surface area contributed by atoms with Gasteiger partial charge in [0.25, 0.3) is 0 Å². The van der Waals surface area contributed by atoms with Crippen LogP contribution in [0.5, 0.6) is 0 Å². The molecule has 5 rings (SSSR count). The van der Waals surface area contributed by atoms with Gasteiger partial charge in [-0.25, -0.2) is 0 Å². The number of fused-ring (bicyclic) bond motifs is 1. The van der Waals surface area contributed by atoms with Crippen LogP contribution in [-0.2, 0) is 23.8 Å². The summed E-state index contributed by atoms with van der Waals surface area (Å²) >= 11 is 0. The number of aryl methyl sites for hydroxylation is 1. The lowest BCUT2D eigenvalue weighted by Crippen LogP contribution is -2.43. The summed E-state index contributed by atoms with van der Waals surface area (Å²) in [5, 5.41) is 18.4. The molecular weight excluding hydrogens is 408 g/mol. The van der Waals surface area contributed by atoms with Crippen molar-refractivity contribution >= 4 is 10.9 Å². The van der Waals surface area contributed by atoms with E-state index in [-0.39, 0.29) is 5.41 Å². The zero-order chi connectivity index (χ0) is 22.7. The van der Waals surface area contributed by atoms with E-state index in [0.29, 0.717) is 18.8 Å². The second-order valence-electron chi connectivity index (χ2n) is 8.95. The number of aromatic nitrogens is 2. The summed E-state index contributed by atoms with van der Waals surface area (Å²) in [5.74, 6) is 0. The van der Waals surface area contributed by atoms with Crippen LogP contribution < -0.4 is 5.32 Å². The highest BCUT2D eigenvalue weighted by Gasteiger charge is 2.34. The minimum absolute atomic E-state index is 0.0421. The van der Waals surface area contributed by atoms with Crippen molar-refractivity contribution in [2.24, 2.45) is 7.05 Å². The van der Waals surface area contributed by atoms with Crippen LogP contribution >= 0.6 is 0 Å². The number of nitrogens with one attached hydrogen (secondary N) is 1. The van der Waals surface area contributed by atoms with Gasteiger partial charge in [-0.1, -0.05) is 42.5 Å². The Bertz CT molecular complexity index is 1280. The first-order valence-corrected chi connectivity index (χ1v) is 11.5. The molecule has 4 aromatic rings. The number of nitriles is 1. The third-order valence-electron chi connectivity index (χ3n) is 6.73. The number of rotatable bonds is 6. The molecule has 0 radical (unpaired) electrons. The molecular formula is C28H28N4O. The van der Waals surface area contributed by atoms with E-state index in [1.54, 1.807) is 0 Å². The Morgan fingerprint density at radius 1 is 1.03 bits per heavy atom. The van der Waals surface area contributed by atoms with Gasteiger partial charge in [0, 0.05) is 29.6 Å². The zero-order valence-corrected chi connectivity index (χ0v) is 18.9. The van der Waals surface area contributed by atoms with E-state index in [4.69, 9.17) is 15.1 Å². The minimum Gasteiger partial charge on any atom is -0.376 e. The highest BCUT2D eigenvalue weighted by molar-refractivity contribution is 5.87. The first-order valence-electron chi connectivity index (χ1n) is 11.5. The van der Waals surface area contributed by atoms with Gasteiger partial charge in [0.2, 0.25) is 0 Å². The van der Waals surface area contributed by atoms with Gasteiger partial charge in [-0.15, -0.1) is 0 Å². The molecule has 0 spiro atoms. The van der Waals surface area contributed by atoms with E-state index >= 15 is 0 Å². The zero-order valence-electron chi connectivity index (χ0n) is 18.9. The van der Waals surface area contributed by atoms with Gasteiger partial charge in [0.05, 0.1) is 30.4 Å². The largest absolute Gasteiger partial charge is 0.376 e. The summed E-state index contributed by atoms with van der Waals surface area (Å²) in [6.45, 7) is 3.22.